The molecule has 0 aliphatic carbocycles. The third-order valence-corrected chi connectivity index (χ3v) is 2.82. The van der Waals surface area contributed by atoms with Gasteiger partial charge in [0.1, 0.15) is 0 Å². The third kappa shape index (κ3) is 4.15. The summed E-state index contributed by atoms with van der Waals surface area (Å²) in [4.78, 5) is 15.6. The molecule has 0 spiro atoms. The molecule has 0 unspecified atom stereocenters. The van der Waals surface area contributed by atoms with Crippen molar-refractivity contribution in [1.29, 1.82) is 0 Å². The fourth-order valence-corrected chi connectivity index (χ4v) is 1.80. The lowest BCUT2D eigenvalue weighted by Gasteiger charge is -2.06. The molecule has 2 aromatic rings. The van der Waals surface area contributed by atoms with Gasteiger partial charge >= 0.3 is 0 Å². The number of pyridine rings is 1. The van der Waals surface area contributed by atoms with Crippen LogP contribution in [0.2, 0.25) is 0 Å². The van der Waals surface area contributed by atoms with Gasteiger partial charge in [-0.1, -0.05) is 18.2 Å². The Morgan fingerprint density at radius 1 is 1.25 bits per heavy atom. The predicted molar refractivity (Wildman–Crippen MR) is 75.7 cm³/mol. The van der Waals surface area contributed by atoms with Crippen LogP contribution < -0.4 is 11.3 Å². The standard InChI is InChI=1S/C15H17N3O2/c16-18-15(19)13-5-3-4-12(10-13)11-20-9-7-14-6-1-2-8-17-14/h1-6,8,10H,7,9,11,16H2,(H,18,19). The molecule has 20 heavy (non-hydrogen) atoms. The van der Waals surface area contributed by atoms with Crippen LogP contribution in [-0.4, -0.2) is 17.5 Å². The lowest BCUT2D eigenvalue weighted by atomic mass is 10.1. The quantitative estimate of drug-likeness (QED) is 0.361. The van der Waals surface area contributed by atoms with E-state index in [1.165, 1.54) is 0 Å². The summed E-state index contributed by atoms with van der Waals surface area (Å²) in [5, 5.41) is 0. The van der Waals surface area contributed by atoms with Gasteiger partial charge in [-0.25, -0.2) is 5.84 Å². The molecule has 0 saturated heterocycles. The molecule has 0 aliphatic heterocycles. The monoisotopic (exact) mass is 271 g/mol. The summed E-state index contributed by atoms with van der Waals surface area (Å²) in [6.07, 6.45) is 2.54. The van der Waals surface area contributed by atoms with Crippen LogP contribution in [0.4, 0.5) is 0 Å². The average molecular weight is 271 g/mol. The molecule has 1 aromatic heterocycles. The van der Waals surface area contributed by atoms with E-state index in [4.69, 9.17) is 10.6 Å². The van der Waals surface area contributed by atoms with E-state index in [-0.39, 0.29) is 5.91 Å². The molecule has 2 rings (SSSR count). The Morgan fingerprint density at radius 3 is 2.90 bits per heavy atom. The van der Waals surface area contributed by atoms with Crippen molar-refractivity contribution in [2.24, 2.45) is 5.84 Å². The number of nitrogen functional groups attached to an aromatic ring is 1. The maximum absolute atomic E-state index is 11.4. The number of carbonyl (C=O) groups is 1. The number of hydrogen-bond acceptors (Lipinski definition) is 4. The topological polar surface area (TPSA) is 77.2 Å². The molecule has 1 aromatic carbocycles. The van der Waals surface area contributed by atoms with Crippen LogP contribution >= 0.6 is 0 Å². The summed E-state index contributed by atoms with van der Waals surface area (Å²) in [6.45, 7) is 1.04. The molecular weight excluding hydrogens is 254 g/mol. The highest BCUT2D eigenvalue weighted by Gasteiger charge is 2.04. The molecule has 5 nitrogen and oxygen atoms in total. The maximum atomic E-state index is 11.4. The largest absolute Gasteiger partial charge is 0.376 e. The molecule has 0 fully saturated rings. The molecule has 0 atom stereocenters. The van der Waals surface area contributed by atoms with Gasteiger partial charge in [-0.2, -0.15) is 0 Å². The fraction of sp³-hybridized carbons (Fsp3) is 0.200. The summed E-state index contributed by atoms with van der Waals surface area (Å²) in [7, 11) is 0. The minimum Gasteiger partial charge on any atom is -0.376 e. The van der Waals surface area contributed by atoms with Crippen LogP contribution in [0, 0.1) is 0 Å². The molecule has 0 saturated carbocycles. The Hall–Kier alpha value is -2.24. The van der Waals surface area contributed by atoms with Gasteiger partial charge in [-0.05, 0) is 29.8 Å². The van der Waals surface area contributed by atoms with Gasteiger partial charge in [-0.15, -0.1) is 0 Å². The lowest BCUT2D eigenvalue weighted by molar-refractivity contribution is 0.0953. The smallest absolute Gasteiger partial charge is 0.265 e. The zero-order chi connectivity index (χ0) is 14.2. The molecular formula is C15H17N3O2. The first kappa shape index (κ1) is 14.2. The van der Waals surface area contributed by atoms with Crippen LogP contribution in [0.5, 0.6) is 0 Å². The Balaban J connectivity index is 1.81. The Morgan fingerprint density at radius 2 is 2.15 bits per heavy atom. The van der Waals surface area contributed by atoms with Crippen LogP contribution in [0.15, 0.2) is 48.7 Å². The zero-order valence-electron chi connectivity index (χ0n) is 11.1. The van der Waals surface area contributed by atoms with E-state index >= 15 is 0 Å². The summed E-state index contributed by atoms with van der Waals surface area (Å²) < 4.78 is 5.59. The number of ether oxygens (including phenoxy) is 1. The summed E-state index contributed by atoms with van der Waals surface area (Å²) in [5.74, 6) is 4.80. The molecule has 0 radical (unpaired) electrons. The van der Waals surface area contributed by atoms with Gasteiger partial charge in [-0.3, -0.25) is 15.2 Å². The molecule has 0 bridgehead atoms. The van der Waals surface area contributed by atoms with Crippen molar-refractivity contribution < 1.29 is 9.53 Å². The second kappa shape index (κ2) is 7.37. The first-order valence-electron chi connectivity index (χ1n) is 6.37. The van der Waals surface area contributed by atoms with Crippen molar-refractivity contribution in [2.45, 2.75) is 13.0 Å². The van der Waals surface area contributed by atoms with E-state index in [1.807, 2.05) is 30.3 Å². The number of aromatic nitrogens is 1. The van der Waals surface area contributed by atoms with E-state index in [1.54, 1.807) is 18.3 Å². The van der Waals surface area contributed by atoms with E-state index in [0.717, 1.165) is 17.7 Å². The van der Waals surface area contributed by atoms with Crippen molar-refractivity contribution in [2.75, 3.05) is 6.61 Å². The number of nitrogens with zero attached hydrogens (tertiary/aromatic N) is 1. The van der Waals surface area contributed by atoms with Gasteiger partial charge in [0.25, 0.3) is 5.91 Å². The van der Waals surface area contributed by atoms with Crippen LogP contribution in [0.25, 0.3) is 0 Å². The Labute approximate surface area is 117 Å². The highest BCUT2D eigenvalue weighted by atomic mass is 16.5. The van der Waals surface area contributed by atoms with Crippen molar-refractivity contribution >= 4 is 5.91 Å². The third-order valence-electron chi connectivity index (χ3n) is 2.82. The summed E-state index contributed by atoms with van der Waals surface area (Å²) >= 11 is 0. The first-order valence-corrected chi connectivity index (χ1v) is 6.37. The van der Waals surface area contributed by atoms with Gasteiger partial charge in [0.05, 0.1) is 13.2 Å². The number of hydrazine groups is 1. The molecule has 1 amide bonds. The SMILES string of the molecule is NNC(=O)c1cccc(COCCc2ccccn2)c1. The summed E-state index contributed by atoms with van der Waals surface area (Å²) in [6, 6.07) is 13.0. The fourth-order valence-electron chi connectivity index (χ4n) is 1.80. The molecule has 0 aliphatic rings. The van der Waals surface area contributed by atoms with Gasteiger partial charge in [0, 0.05) is 23.9 Å². The van der Waals surface area contributed by atoms with E-state index in [0.29, 0.717) is 18.8 Å². The van der Waals surface area contributed by atoms with E-state index in [9.17, 15) is 4.79 Å². The Bertz CT molecular complexity index is 558. The highest BCUT2D eigenvalue weighted by Crippen LogP contribution is 2.07. The normalized spacial score (nSPS) is 10.2. The van der Waals surface area contributed by atoms with Gasteiger partial charge in [0.2, 0.25) is 0 Å². The minimum absolute atomic E-state index is 0.305. The first-order chi connectivity index (χ1) is 9.79. The minimum atomic E-state index is -0.305. The number of nitrogens with two attached hydrogens (primary N) is 1. The number of carbonyl (C=O) groups excluding carboxylic acids is 1. The number of amides is 1. The highest BCUT2D eigenvalue weighted by molar-refractivity contribution is 5.93. The number of nitrogens with one attached hydrogen (secondary N) is 1. The van der Waals surface area contributed by atoms with Crippen LogP contribution in [-0.2, 0) is 17.8 Å². The van der Waals surface area contributed by atoms with E-state index in [2.05, 4.69) is 10.4 Å². The van der Waals surface area contributed by atoms with Gasteiger partial charge < -0.3 is 4.74 Å². The van der Waals surface area contributed by atoms with E-state index < -0.39 is 0 Å². The molecule has 1 heterocycles. The second-order valence-electron chi connectivity index (χ2n) is 4.30. The van der Waals surface area contributed by atoms with Gasteiger partial charge in [0.15, 0.2) is 0 Å². The number of benzene rings is 1. The zero-order valence-corrected chi connectivity index (χ0v) is 11.1. The van der Waals surface area contributed by atoms with Crippen molar-refractivity contribution in [3.8, 4) is 0 Å². The average Bonchev–Trinajstić information content (AvgIpc) is 2.52. The molecule has 104 valence electrons. The number of hydrogen-bond donors (Lipinski definition) is 2. The Kier molecular flexibility index (Phi) is 5.23. The maximum Gasteiger partial charge on any atom is 0.265 e. The predicted octanol–water partition coefficient (Wildman–Crippen LogP) is 1.44. The molecule has 5 heteroatoms. The van der Waals surface area contributed by atoms with Crippen molar-refractivity contribution in [3.63, 3.8) is 0 Å². The van der Waals surface area contributed by atoms with Crippen LogP contribution in [0.3, 0.4) is 0 Å². The number of rotatable bonds is 6. The molecule has 3 N–H and O–H groups in total. The van der Waals surface area contributed by atoms with Crippen LogP contribution in [0.1, 0.15) is 21.6 Å². The van der Waals surface area contributed by atoms with Crippen molar-refractivity contribution in [3.05, 3.63) is 65.5 Å². The lowest BCUT2D eigenvalue weighted by Crippen LogP contribution is -2.29. The summed E-state index contributed by atoms with van der Waals surface area (Å²) in [5.41, 5.74) is 4.58. The second-order valence-corrected chi connectivity index (χ2v) is 4.30. The van der Waals surface area contributed by atoms with Crippen molar-refractivity contribution in [1.82, 2.24) is 10.4 Å².